The van der Waals surface area contributed by atoms with E-state index in [1.54, 1.807) is 6.07 Å². The van der Waals surface area contributed by atoms with Gasteiger partial charge in [0.05, 0.1) is 6.61 Å². The average Bonchev–Trinajstić information content (AvgIpc) is 2.38. The first-order valence-electron chi connectivity index (χ1n) is 5.64. The van der Waals surface area contributed by atoms with E-state index in [4.69, 9.17) is 9.84 Å². The maximum absolute atomic E-state index is 10.8. The topological polar surface area (TPSA) is 66.8 Å². The van der Waals surface area contributed by atoms with Crippen molar-refractivity contribution in [2.75, 3.05) is 0 Å². The van der Waals surface area contributed by atoms with Gasteiger partial charge in [0.2, 0.25) is 0 Å². The fourth-order valence-corrected chi connectivity index (χ4v) is 1.83. The molecule has 0 heterocycles. The van der Waals surface area contributed by atoms with Crippen molar-refractivity contribution in [1.82, 2.24) is 0 Å². The van der Waals surface area contributed by atoms with E-state index >= 15 is 0 Å². The first-order chi connectivity index (χ1) is 8.63. The van der Waals surface area contributed by atoms with Crippen molar-refractivity contribution in [3.63, 3.8) is 0 Å². The van der Waals surface area contributed by atoms with Crippen LogP contribution in [0.2, 0.25) is 0 Å². The molecule has 2 aromatic rings. The van der Waals surface area contributed by atoms with Gasteiger partial charge < -0.3 is 14.9 Å². The lowest BCUT2D eigenvalue weighted by Crippen LogP contribution is -2.23. The van der Waals surface area contributed by atoms with Crippen LogP contribution in [0.15, 0.2) is 36.4 Å². The van der Waals surface area contributed by atoms with Crippen LogP contribution in [0.3, 0.4) is 0 Å². The van der Waals surface area contributed by atoms with Gasteiger partial charge in [-0.2, -0.15) is 0 Å². The van der Waals surface area contributed by atoms with Crippen molar-refractivity contribution >= 4 is 16.7 Å². The third kappa shape index (κ3) is 2.28. The number of carboxylic acids is 1. The predicted octanol–water partition coefficient (Wildman–Crippen LogP) is 2.18. The van der Waals surface area contributed by atoms with Crippen molar-refractivity contribution in [2.45, 2.75) is 19.6 Å². The number of fused-ring (bicyclic) bond motifs is 1. The van der Waals surface area contributed by atoms with Gasteiger partial charge in [-0.05, 0) is 23.8 Å². The molecule has 0 aliphatic heterocycles. The van der Waals surface area contributed by atoms with Crippen LogP contribution < -0.4 is 4.74 Å². The second-order valence-electron chi connectivity index (χ2n) is 4.02. The van der Waals surface area contributed by atoms with E-state index in [9.17, 15) is 9.90 Å². The Bertz CT molecular complexity index is 577. The van der Waals surface area contributed by atoms with Gasteiger partial charge >= 0.3 is 5.97 Å². The molecule has 0 spiro atoms. The number of carboxylic acid groups (broad SMARTS) is 1. The van der Waals surface area contributed by atoms with Crippen LogP contribution in [-0.2, 0) is 11.4 Å². The van der Waals surface area contributed by atoms with Gasteiger partial charge in [0, 0.05) is 5.56 Å². The Morgan fingerprint density at radius 2 is 2.00 bits per heavy atom. The van der Waals surface area contributed by atoms with E-state index in [1.807, 2.05) is 30.3 Å². The van der Waals surface area contributed by atoms with E-state index in [2.05, 4.69) is 0 Å². The van der Waals surface area contributed by atoms with Gasteiger partial charge in [-0.3, -0.25) is 0 Å². The van der Waals surface area contributed by atoms with Gasteiger partial charge in [-0.1, -0.05) is 30.3 Å². The monoisotopic (exact) mass is 246 g/mol. The molecule has 0 aliphatic rings. The maximum Gasteiger partial charge on any atom is 0.344 e. The van der Waals surface area contributed by atoms with Gasteiger partial charge in [-0.15, -0.1) is 0 Å². The van der Waals surface area contributed by atoms with Crippen molar-refractivity contribution in [1.29, 1.82) is 0 Å². The van der Waals surface area contributed by atoms with E-state index in [1.165, 1.54) is 6.92 Å². The van der Waals surface area contributed by atoms with Gasteiger partial charge in [0.25, 0.3) is 0 Å². The zero-order chi connectivity index (χ0) is 13.1. The summed E-state index contributed by atoms with van der Waals surface area (Å²) < 4.78 is 5.35. The lowest BCUT2D eigenvalue weighted by atomic mass is 10.0. The van der Waals surface area contributed by atoms with Gasteiger partial charge in [0.15, 0.2) is 6.10 Å². The van der Waals surface area contributed by atoms with Crippen molar-refractivity contribution < 1.29 is 19.7 Å². The third-order valence-corrected chi connectivity index (χ3v) is 2.81. The van der Waals surface area contributed by atoms with E-state index in [0.717, 1.165) is 10.8 Å². The highest BCUT2D eigenvalue weighted by Gasteiger charge is 2.15. The Balaban J connectivity index is 2.48. The summed E-state index contributed by atoms with van der Waals surface area (Å²) in [6.07, 6.45) is -0.948. The molecule has 4 nitrogen and oxygen atoms in total. The molecule has 0 amide bonds. The highest BCUT2D eigenvalue weighted by molar-refractivity contribution is 5.87. The minimum atomic E-state index is -1.04. The number of hydrogen-bond donors (Lipinski definition) is 2. The molecule has 1 atom stereocenters. The van der Waals surface area contributed by atoms with Crippen LogP contribution in [0, 0.1) is 0 Å². The normalized spacial score (nSPS) is 12.3. The lowest BCUT2D eigenvalue weighted by Gasteiger charge is -2.15. The van der Waals surface area contributed by atoms with Crippen LogP contribution in [0.25, 0.3) is 10.8 Å². The highest BCUT2D eigenvalue weighted by Crippen LogP contribution is 2.28. The number of rotatable bonds is 4. The fraction of sp³-hybridized carbons (Fsp3) is 0.214. The van der Waals surface area contributed by atoms with Gasteiger partial charge in [-0.25, -0.2) is 4.79 Å². The summed E-state index contributed by atoms with van der Waals surface area (Å²) >= 11 is 0. The quantitative estimate of drug-likeness (QED) is 0.867. The molecule has 4 heteroatoms. The smallest absolute Gasteiger partial charge is 0.344 e. The Kier molecular flexibility index (Phi) is 3.48. The number of aliphatic hydroxyl groups is 1. The number of aliphatic hydroxyl groups excluding tert-OH is 1. The maximum atomic E-state index is 10.8. The molecule has 0 radical (unpaired) electrons. The molecule has 0 saturated heterocycles. The average molecular weight is 246 g/mol. The summed E-state index contributed by atoms with van der Waals surface area (Å²) in [4.78, 5) is 10.8. The molecule has 2 rings (SSSR count). The van der Waals surface area contributed by atoms with Crippen LogP contribution in [0.1, 0.15) is 12.5 Å². The molecule has 0 fully saturated rings. The number of carbonyl (C=O) groups is 1. The molecule has 1 unspecified atom stereocenters. The molecule has 94 valence electrons. The predicted molar refractivity (Wildman–Crippen MR) is 67.6 cm³/mol. The second-order valence-corrected chi connectivity index (χ2v) is 4.02. The first kappa shape index (κ1) is 12.4. The summed E-state index contributed by atoms with van der Waals surface area (Å²) in [7, 11) is 0. The SMILES string of the molecule is CC(Oc1ccc2ccccc2c1CO)C(=O)O. The Labute approximate surface area is 104 Å². The molecule has 0 aromatic heterocycles. The zero-order valence-electron chi connectivity index (χ0n) is 9.96. The fourth-order valence-electron chi connectivity index (χ4n) is 1.83. The molecule has 0 saturated carbocycles. The summed E-state index contributed by atoms with van der Waals surface area (Å²) in [5, 5.41) is 20.1. The van der Waals surface area contributed by atoms with E-state index in [0.29, 0.717) is 11.3 Å². The van der Waals surface area contributed by atoms with Crippen LogP contribution >= 0.6 is 0 Å². The minimum Gasteiger partial charge on any atom is -0.479 e. The number of benzene rings is 2. The first-order valence-corrected chi connectivity index (χ1v) is 5.64. The molecule has 0 aliphatic carbocycles. The molecular weight excluding hydrogens is 232 g/mol. The van der Waals surface area contributed by atoms with E-state index < -0.39 is 12.1 Å². The number of hydrogen-bond acceptors (Lipinski definition) is 3. The van der Waals surface area contributed by atoms with E-state index in [-0.39, 0.29) is 6.61 Å². The van der Waals surface area contributed by atoms with Crippen LogP contribution in [0.5, 0.6) is 5.75 Å². The summed E-state index contributed by atoms with van der Waals surface area (Å²) in [6, 6.07) is 11.1. The Morgan fingerprint density at radius 1 is 1.28 bits per heavy atom. The minimum absolute atomic E-state index is 0.191. The van der Waals surface area contributed by atoms with Crippen molar-refractivity contribution in [3.8, 4) is 5.75 Å². The lowest BCUT2D eigenvalue weighted by molar-refractivity contribution is -0.144. The molecular formula is C14H14O4. The van der Waals surface area contributed by atoms with Crippen LogP contribution in [-0.4, -0.2) is 22.3 Å². The summed E-state index contributed by atoms with van der Waals surface area (Å²) in [5.41, 5.74) is 0.612. The van der Waals surface area contributed by atoms with Crippen LogP contribution in [0.4, 0.5) is 0 Å². The Morgan fingerprint density at radius 3 is 2.67 bits per heavy atom. The number of aliphatic carboxylic acids is 1. The van der Waals surface area contributed by atoms with Gasteiger partial charge in [0.1, 0.15) is 5.75 Å². The number of ether oxygens (including phenoxy) is 1. The third-order valence-electron chi connectivity index (χ3n) is 2.81. The molecule has 18 heavy (non-hydrogen) atoms. The summed E-state index contributed by atoms with van der Waals surface area (Å²) in [5.74, 6) is -0.627. The molecule has 2 aromatic carbocycles. The standard InChI is InChI=1S/C14H14O4/c1-9(14(16)17)18-13-7-6-10-4-2-3-5-11(10)12(13)8-15/h2-7,9,15H,8H2,1H3,(H,16,17). The zero-order valence-corrected chi connectivity index (χ0v) is 9.96. The van der Waals surface area contributed by atoms with Crippen molar-refractivity contribution in [2.24, 2.45) is 0 Å². The molecule has 2 N–H and O–H groups in total. The largest absolute Gasteiger partial charge is 0.479 e. The Hall–Kier alpha value is -2.07. The highest BCUT2D eigenvalue weighted by atomic mass is 16.5. The second kappa shape index (κ2) is 5.06. The van der Waals surface area contributed by atoms with Crippen molar-refractivity contribution in [3.05, 3.63) is 42.0 Å². The molecule has 0 bridgehead atoms. The summed E-state index contributed by atoms with van der Waals surface area (Å²) in [6.45, 7) is 1.27.